The summed E-state index contributed by atoms with van der Waals surface area (Å²) in [6, 6.07) is 8.11. The van der Waals surface area contributed by atoms with Crippen molar-refractivity contribution in [3.8, 4) is 0 Å². The van der Waals surface area contributed by atoms with Gasteiger partial charge in [-0.2, -0.15) is 0 Å². The molecule has 0 heterocycles. The van der Waals surface area contributed by atoms with E-state index < -0.39 is 0 Å². The maximum atomic E-state index is 12.4. The lowest BCUT2D eigenvalue weighted by Gasteiger charge is -2.27. The quantitative estimate of drug-likeness (QED) is 0.841. The van der Waals surface area contributed by atoms with Crippen LogP contribution in [0.4, 0.5) is 0 Å². The van der Waals surface area contributed by atoms with Crippen molar-refractivity contribution in [3.63, 3.8) is 0 Å². The van der Waals surface area contributed by atoms with Gasteiger partial charge >= 0.3 is 0 Å². The molecule has 1 aliphatic carbocycles. The number of nitrogens with one attached hydrogen (secondary N) is 2. The predicted octanol–water partition coefficient (Wildman–Crippen LogP) is 3.19. The molecule has 24 heavy (non-hydrogen) atoms. The molecule has 0 atom stereocenters. The van der Waals surface area contributed by atoms with Crippen LogP contribution in [0.1, 0.15) is 50.7 Å². The Balaban J connectivity index is 1.74. The van der Waals surface area contributed by atoms with E-state index in [-0.39, 0.29) is 23.7 Å². The van der Waals surface area contributed by atoms with Crippen molar-refractivity contribution in [1.82, 2.24) is 10.6 Å². The predicted molar refractivity (Wildman–Crippen MR) is 96.3 cm³/mol. The minimum absolute atomic E-state index is 0.0446. The molecule has 132 valence electrons. The number of rotatable bonds is 6. The van der Waals surface area contributed by atoms with E-state index in [9.17, 15) is 9.59 Å². The number of amides is 2. The van der Waals surface area contributed by atoms with Crippen LogP contribution in [0.3, 0.4) is 0 Å². The molecule has 4 nitrogen and oxygen atoms in total. The highest BCUT2D eigenvalue weighted by Crippen LogP contribution is 2.29. The molecule has 4 heteroatoms. The van der Waals surface area contributed by atoms with E-state index >= 15 is 0 Å². The molecule has 1 aromatic carbocycles. The van der Waals surface area contributed by atoms with Gasteiger partial charge in [0, 0.05) is 24.9 Å². The summed E-state index contributed by atoms with van der Waals surface area (Å²) in [5, 5.41) is 6.06. The van der Waals surface area contributed by atoms with Gasteiger partial charge in [0.1, 0.15) is 0 Å². The lowest BCUT2D eigenvalue weighted by Crippen LogP contribution is -2.38. The lowest BCUT2D eigenvalue weighted by molar-refractivity contribution is -0.130. The Labute approximate surface area is 145 Å². The summed E-state index contributed by atoms with van der Waals surface area (Å²) in [4.78, 5) is 24.5. The van der Waals surface area contributed by atoms with Crippen LogP contribution in [-0.2, 0) is 16.1 Å². The standard InChI is InChI=1S/C20H30N2O2/c1-14(2)12-21-19(23)16-8-10-17(11-9-16)20(24)22-13-18-7-5-4-6-15(18)3/h4-7,14,16-17H,8-13H2,1-3H3,(H,21,23)(H,22,24). The summed E-state index contributed by atoms with van der Waals surface area (Å²) in [5.74, 6) is 0.867. The number of carbonyl (C=O) groups is 2. The summed E-state index contributed by atoms with van der Waals surface area (Å²) < 4.78 is 0. The molecule has 0 bridgehead atoms. The van der Waals surface area contributed by atoms with Gasteiger partial charge in [0.15, 0.2) is 0 Å². The summed E-state index contributed by atoms with van der Waals surface area (Å²) in [7, 11) is 0. The van der Waals surface area contributed by atoms with Crippen molar-refractivity contribution in [2.75, 3.05) is 6.54 Å². The number of aryl methyl sites for hydroxylation is 1. The molecule has 0 saturated heterocycles. The van der Waals surface area contributed by atoms with Gasteiger partial charge in [-0.05, 0) is 49.7 Å². The summed E-state index contributed by atoms with van der Waals surface area (Å²) in [6.07, 6.45) is 3.23. The highest BCUT2D eigenvalue weighted by molar-refractivity contribution is 5.81. The lowest BCUT2D eigenvalue weighted by atomic mass is 9.81. The monoisotopic (exact) mass is 330 g/mol. The summed E-state index contributed by atoms with van der Waals surface area (Å²) >= 11 is 0. The molecule has 1 fully saturated rings. The molecule has 1 saturated carbocycles. The molecule has 0 aliphatic heterocycles. The van der Waals surface area contributed by atoms with E-state index in [1.165, 1.54) is 5.56 Å². The average Bonchev–Trinajstić information content (AvgIpc) is 2.58. The van der Waals surface area contributed by atoms with Gasteiger partial charge in [-0.3, -0.25) is 9.59 Å². The van der Waals surface area contributed by atoms with Crippen LogP contribution < -0.4 is 10.6 Å². The van der Waals surface area contributed by atoms with Crippen molar-refractivity contribution in [2.45, 2.75) is 53.0 Å². The Kier molecular flexibility index (Phi) is 6.83. The van der Waals surface area contributed by atoms with Crippen LogP contribution in [-0.4, -0.2) is 18.4 Å². The van der Waals surface area contributed by atoms with Crippen LogP contribution in [0.25, 0.3) is 0 Å². The fourth-order valence-electron chi connectivity index (χ4n) is 3.20. The third-order valence-electron chi connectivity index (χ3n) is 4.87. The average molecular weight is 330 g/mol. The van der Waals surface area contributed by atoms with Crippen LogP contribution in [0, 0.1) is 24.7 Å². The van der Waals surface area contributed by atoms with Gasteiger partial charge in [0.25, 0.3) is 0 Å². The minimum atomic E-state index is 0.0446. The zero-order chi connectivity index (χ0) is 17.5. The zero-order valence-electron chi connectivity index (χ0n) is 15.1. The SMILES string of the molecule is Cc1ccccc1CNC(=O)C1CCC(C(=O)NCC(C)C)CC1. The van der Waals surface area contributed by atoms with Crippen LogP contribution in [0.2, 0.25) is 0 Å². The van der Waals surface area contributed by atoms with Gasteiger partial charge in [0.2, 0.25) is 11.8 Å². The molecule has 0 aromatic heterocycles. The zero-order valence-corrected chi connectivity index (χ0v) is 15.1. The van der Waals surface area contributed by atoms with Gasteiger partial charge in [0.05, 0.1) is 0 Å². The van der Waals surface area contributed by atoms with Crippen LogP contribution in [0.5, 0.6) is 0 Å². The maximum Gasteiger partial charge on any atom is 0.223 e. The fourth-order valence-corrected chi connectivity index (χ4v) is 3.20. The second-order valence-electron chi connectivity index (χ2n) is 7.33. The summed E-state index contributed by atoms with van der Waals surface area (Å²) in [5.41, 5.74) is 2.36. The van der Waals surface area contributed by atoms with Crippen LogP contribution >= 0.6 is 0 Å². The van der Waals surface area contributed by atoms with E-state index in [1.807, 2.05) is 18.2 Å². The fraction of sp³-hybridized carbons (Fsp3) is 0.600. The highest BCUT2D eigenvalue weighted by Gasteiger charge is 2.29. The van der Waals surface area contributed by atoms with Gasteiger partial charge in [-0.1, -0.05) is 38.1 Å². The van der Waals surface area contributed by atoms with E-state index in [2.05, 4.69) is 37.5 Å². The number of hydrogen-bond acceptors (Lipinski definition) is 2. The van der Waals surface area contributed by atoms with Crippen molar-refractivity contribution in [3.05, 3.63) is 35.4 Å². The van der Waals surface area contributed by atoms with Crippen molar-refractivity contribution in [2.24, 2.45) is 17.8 Å². The molecule has 0 spiro atoms. The minimum Gasteiger partial charge on any atom is -0.356 e. The molecular weight excluding hydrogens is 300 g/mol. The highest BCUT2D eigenvalue weighted by atomic mass is 16.2. The topological polar surface area (TPSA) is 58.2 Å². The Hall–Kier alpha value is -1.84. The second kappa shape index (κ2) is 8.86. The van der Waals surface area contributed by atoms with Crippen molar-refractivity contribution in [1.29, 1.82) is 0 Å². The Bertz CT molecular complexity index is 561. The Morgan fingerprint density at radius 1 is 1.00 bits per heavy atom. The molecule has 1 aromatic rings. The van der Waals surface area contributed by atoms with Crippen molar-refractivity contribution < 1.29 is 9.59 Å². The third-order valence-corrected chi connectivity index (χ3v) is 4.87. The third kappa shape index (κ3) is 5.36. The summed E-state index contributed by atoms with van der Waals surface area (Å²) in [6.45, 7) is 7.56. The first-order valence-corrected chi connectivity index (χ1v) is 9.07. The number of benzene rings is 1. The second-order valence-corrected chi connectivity index (χ2v) is 7.33. The van der Waals surface area contributed by atoms with Gasteiger partial charge < -0.3 is 10.6 Å². The van der Waals surface area contributed by atoms with Gasteiger partial charge in [-0.15, -0.1) is 0 Å². The molecule has 1 aliphatic rings. The van der Waals surface area contributed by atoms with E-state index in [0.29, 0.717) is 12.5 Å². The Morgan fingerprint density at radius 3 is 2.08 bits per heavy atom. The smallest absolute Gasteiger partial charge is 0.223 e. The van der Waals surface area contributed by atoms with Crippen LogP contribution in [0.15, 0.2) is 24.3 Å². The largest absolute Gasteiger partial charge is 0.356 e. The first-order chi connectivity index (χ1) is 11.5. The van der Waals surface area contributed by atoms with E-state index in [4.69, 9.17) is 0 Å². The first kappa shape index (κ1) is 18.5. The molecule has 2 amide bonds. The number of carbonyl (C=O) groups excluding carboxylic acids is 2. The number of hydrogen-bond donors (Lipinski definition) is 2. The molecule has 0 radical (unpaired) electrons. The first-order valence-electron chi connectivity index (χ1n) is 9.07. The molecule has 2 N–H and O–H groups in total. The van der Waals surface area contributed by atoms with E-state index in [0.717, 1.165) is 37.8 Å². The van der Waals surface area contributed by atoms with E-state index in [1.54, 1.807) is 0 Å². The Morgan fingerprint density at radius 2 is 1.54 bits per heavy atom. The maximum absolute atomic E-state index is 12.4. The molecular formula is C20H30N2O2. The van der Waals surface area contributed by atoms with Crippen molar-refractivity contribution >= 4 is 11.8 Å². The molecule has 2 rings (SSSR count). The van der Waals surface area contributed by atoms with Gasteiger partial charge in [-0.25, -0.2) is 0 Å². The molecule has 0 unspecified atom stereocenters. The normalized spacial score (nSPS) is 20.7.